The summed E-state index contributed by atoms with van der Waals surface area (Å²) in [6.07, 6.45) is 2.51. The maximum absolute atomic E-state index is 13.2. The molecule has 1 atom stereocenters. The van der Waals surface area contributed by atoms with Gasteiger partial charge in [-0.25, -0.2) is 4.39 Å². The summed E-state index contributed by atoms with van der Waals surface area (Å²) in [5.74, 6) is 6.25. The molecule has 0 heterocycles. The van der Waals surface area contributed by atoms with E-state index in [1.807, 2.05) is 18.2 Å². The van der Waals surface area contributed by atoms with Crippen LogP contribution in [0.25, 0.3) is 0 Å². The predicted molar refractivity (Wildman–Crippen MR) is 82.5 cm³/mol. The van der Waals surface area contributed by atoms with Crippen LogP contribution < -0.4 is 16.0 Å². The van der Waals surface area contributed by atoms with Gasteiger partial charge in [0.25, 0.3) is 0 Å². The second-order valence-electron chi connectivity index (χ2n) is 5.08. The average Bonchev–Trinajstić information content (AvgIpc) is 2.52. The summed E-state index contributed by atoms with van der Waals surface area (Å²) in [6, 6.07) is 14.8. The fourth-order valence-electron chi connectivity index (χ4n) is 2.33. The number of benzene rings is 2. The molecule has 0 fully saturated rings. The average molecular weight is 288 g/mol. The Bertz CT molecular complexity index is 557. The van der Waals surface area contributed by atoms with Gasteiger partial charge in [0.15, 0.2) is 0 Å². The van der Waals surface area contributed by atoms with Gasteiger partial charge >= 0.3 is 0 Å². The van der Waals surface area contributed by atoms with Crippen molar-refractivity contribution in [2.45, 2.75) is 25.3 Å². The fraction of sp³-hybridized carbons (Fsp3) is 0.294. The molecular formula is C17H21FN2O. The van der Waals surface area contributed by atoms with E-state index >= 15 is 0 Å². The van der Waals surface area contributed by atoms with Crippen molar-refractivity contribution in [2.24, 2.45) is 5.84 Å². The standard InChI is InChI=1S/C17H21FN2O/c1-21-17-9-6-13(7-10-17)5-8-16(20-19)12-14-3-2-4-15(18)11-14/h2-4,6-7,9-11,16,20H,5,8,12,19H2,1H3. The zero-order valence-corrected chi connectivity index (χ0v) is 12.2. The van der Waals surface area contributed by atoms with Gasteiger partial charge in [0, 0.05) is 6.04 Å². The maximum Gasteiger partial charge on any atom is 0.123 e. The lowest BCUT2D eigenvalue weighted by Crippen LogP contribution is -2.37. The van der Waals surface area contributed by atoms with Crippen molar-refractivity contribution in [3.63, 3.8) is 0 Å². The zero-order valence-electron chi connectivity index (χ0n) is 12.2. The van der Waals surface area contributed by atoms with E-state index in [9.17, 15) is 4.39 Å². The minimum atomic E-state index is -0.210. The van der Waals surface area contributed by atoms with Crippen LogP contribution in [0.2, 0.25) is 0 Å². The van der Waals surface area contributed by atoms with Crippen LogP contribution in [0.15, 0.2) is 48.5 Å². The second kappa shape index (κ2) is 7.76. The van der Waals surface area contributed by atoms with Crippen LogP contribution in [0.4, 0.5) is 4.39 Å². The Balaban J connectivity index is 1.89. The number of hydrogen-bond donors (Lipinski definition) is 2. The first-order valence-corrected chi connectivity index (χ1v) is 7.05. The van der Waals surface area contributed by atoms with Crippen LogP contribution in [0.1, 0.15) is 17.5 Å². The number of nitrogens with one attached hydrogen (secondary N) is 1. The number of rotatable bonds is 7. The van der Waals surface area contributed by atoms with Crippen molar-refractivity contribution in [1.82, 2.24) is 5.43 Å². The highest BCUT2D eigenvalue weighted by atomic mass is 19.1. The van der Waals surface area contributed by atoms with Crippen molar-refractivity contribution < 1.29 is 9.13 Å². The molecular weight excluding hydrogens is 267 g/mol. The number of nitrogens with two attached hydrogens (primary N) is 1. The summed E-state index contributed by atoms with van der Waals surface area (Å²) in [4.78, 5) is 0. The first-order valence-electron chi connectivity index (χ1n) is 7.05. The quantitative estimate of drug-likeness (QED) is 0.608. The molecule has 21 heavy (non-hydrogen) atoms. The van der Waals surface area contributed by atoms with Gasteiger partial charge in [0.2, 0.25) is 0 Å². The van der Waals surface area contributed by atoms with Gasteiger partial charge in [0.1, 0.15) is 11.6 Å². The Labute approximate surface area is 124 Å². The number of hydrogen-bond acceptors (Lipinski definition) is 3. The third-order valence-electron chi connectivity index (χ3n) is 3.55. The monoisotopic (exact) mass is 288 g/mol. The molecule has 0 aliphatic rings. The lowest BCUT2D eigenvalue weighted by Gasteiger charge is -2.16. The molecule has 3 N–H and O–H groups in total. The van der Waals surface area contributed by atoms with Crippen LogP contribution in [-0.4, -0.2) is 13.2 Å². The van der Waals surface area contributed by atoms with E-state index in [2.05, 4.69) is 17.6 Å². The van der Waals surface area contributed by atoms with Gasteiger partial charge in [-0.15, -0.1) is 0 Å². The van der Waals surface area contributed by atoms with Crippen LogP contribution in [0.5, 0.6) is 5.75 Å². The van der Waals surface area contributed by atoms with Crippen molar-refractivity contribution in [2.75, 3.05) is 7.11 Å². The molecule has 1 unspecified atom stereocenters. The minimum absolute atomic E-state index is 0.119. The van der Waals surface area contributed by atoms with Gasteiger partial charge in [-0.05, 0) is 54.7 Å². The van der Waals surface area contributed by atoms with Crippen molar-refractivity contribution >= 4 is 0 Å². The van der Waals surface area contributed by atoms with Gasteiger partial charge in [0.05, 0.1) is 7.11 Å². The number of methoxy groups -OCH3 is 1. The first kappa shape index (κ1) is 15.5. The fourth-order valence-corrected chi connectivity index (χ4v) is 2.33. The molecule has 0 bridgehead atoms. The molecule has 0 aliphatic heterocycles. The molecule has 2 aromatic carbocycles. The molecule has 4 heteroatoms. The smallest absolute Gasteiger partial charge is 0.123 e. The SMILES string of the molecule is COc1ccc(CCC(Cc2cccc(F)c2)NN)cc1. The molecule has 0 radical (unpaired) electrons. The highest BCUT2D eigenvalue weighted by Gasteiger charge is 2.09. The number of ether oxygens (including phenoxy) is 1. The van der Waals surface area contributed by atoms with E-state index in [1.165, 1.54) is 11.6 Å². The third kappa shape index (κ3) is 4.85. The highest BCUT2D eigenvalue weighted by Crippen LogP contribution is 2.14. The van der Waals surface area contributed by atoms with Crippen LogP contribution in [-0.2, 0) is 12.8 Å². The number of halogens is 1. The van der Waals surface area contributed by atoms with Crippen molar-refractivity contribution in [3.8, 4) is 5.75 Å². The van der Waals surface area contributed by atoms with Gasteiger partial charge in [-0.3, -0.25) is 11.3 Å². The van der Waals surface area contributed by atoms with E-state index in [4.69, 9.17) is 10.6 Å². The summed E-state index contributed by atoms with van der Waals surface area (Å²) >= 11 is 0. The van der Waals surface area contributed by atoms with Crippen LogP contribution in [0, 0.1) is 5.82 Å². The Morgan fingerprint density at radius 2 is 1.90 bits per heavy atom. The Kier molecular flexibility index (Phi) is 5.72. The largest absolute Gasteiger partial charge is 0.497 e. The molecule has 0 amide bonds. The molecule has 0 saturated heterocycles. The van der Waals surface area contributed by atoms with Crippen molar-refractivity contribution in [3.05, 3.63) is 65.5 Å². The maximum atomic E-state index is 13.2. The van der Waals surface area contributed by atoms with E-state index in [0.717, 1.165) is 24.2 Å². The molecule has 0 spiro atoms. The molecule has 3 nitrogen and oxygen atoms in total. The lowest BCUT2D eigenvalue weighted by atomic mass is 9.99. The lowest BCUT2D eigenvalue weighted by molar-refractivity contribution is 0.414. The molecule has 112 valence electrons. The molecule has 0 aliphatic carbocycles. The van der Waals surface area contributed by atoms with Gasteiger partial charge < -0.3 is 4.74 Å². The normalized spacial score (nSPS) is 12.1. The summed E-state index contributed by atoms with van der Waals surface area (Å²) in [7, 11) is 1.66. The van der Waals surface area contributed by atoms with Gasteiger partial charge in [-0.2, -0.15) is 0 Å². The molecule has 0 saturated carbocycles. The molecule has 2 aromatic rings. The summed E-state index contributed by atoms with van der Waals surface area (Å²) in [5.41, 5.74) is 5.00. The summed E-state index contributed by atoms with van der Waals surface area (Å²) in [6.45, 7) is 0. The third-order valence-corrected chi connectivity index (χ3v) is 3.55. The zero-order chi connectivity index (χ0) is 15.1. The minimum Gasteiger partial charge on any atom is -0.497 e. The van der Waals surface area contributed by atoms with E-state index in [-0.39, 0.29) is 11.9 Å². The predicted octanol–water partition coefficient (Wildman–Crippen LogP) is 2.84. The summed E-state index contributed by atoms with van der Waals surface area (Å²) < 4.78 is 18.3. The van der Waals surface area contributed by atoms with Crippen LogP contribution >= 0.6 is 0 Å². The van der Waals surface area contributed by atoms with E-state index in [0.29, 0.717) is 6.42 Å². The number of aryl methyl sites for hydroxylation is 1. The number of hydrazine groups is 1. The van der Waals surface area contributed by atoms with Crippen molar-refractivity contribution in [1.29, 1.82) is 0 Å². The Hall–Kier alpha value is -1.91. The summed E-state index contributed by atoms with van der Waals surface area (Å²) in [5, 5.41) is 0. The van der Waals surface area contributed by atoms with Gasteiger partial charge in [-0.1, -0.05) is 24.3 Å². The Morgan fingerprint density at radius 1 is 1.14 bits per heavy atom. The first-order chi connectivity index (χ1) is 10.2. The highest BCUT2D eigenvalue weighted by molar-refractivity contribution is 5.27. The molecule has 0 aromatic heterocycles. The van der Waals surface area contributed by atoms with E-state index in [1.54, 1.807) is 19.2 Å². The molecule has 2 rings (SSSR count). The second-order valence-corrected chi connectivity index (χ2v) is 5.08. The topological polar surface area (TPSA) is 47.3 Å². The van der Waals surface area contributed by atoms with E-state index < -0.39 is 0 Å². The van der Waals surface area contributed by atoms with Crippen LogP contribution in [0.3, 0.4) is 0 Å². The Morgan fingerprint density at radius 3 is 2.52 bits per heavy atom.